The molecule has 9 rings (SSSR count). The second-order valence-electron chi connectivity index (χ2n) is 16.2. The molecule has 5 aliphatic rings. The van der Waals surface area contributed by atoms with Crippen LogP contribution < -0.4 is 19.9 Å². The van der Waals surface area contributed by atoms with Crippen LogP contribution in [0.15, 0.2) is 78.9 Å². The predicted molar refractivity (Wildman–Crippen MR) is 212 cm³/mol. The minimum absolute atomic E-state index is 0.00557. The number of ether oxygens (including phenoxy) is 1. The average molecular weight is 758 g/mol. The van der Waals surface area contributed by atoms with E-state index in [0.717, 1.165) is 86.6 Å². The number of fused-ring (bicyclic) bond motifs is 2. The Morgan fingerprint density at radius 1 is 0.804 bits per heavy atom. The van der Waals surface area contributed by atoms with E-state index in [4.69, 9.17) is 4.74 Å². The van der Waals surface area contributed by atoms with Gasteiger partial charge < -0.3 is 24.5 Å². The Bertz CT molecular complexity index is 2160. The highest BCUT2D eigenvalue weighted by Gasteiger charge is 2.40. The molecule has 0 aromatic heterocycles. The minimum Gasteiger partial charge on any atom is -0.508 e. The normalized spacial score (nSPS) is 23.1. The molecule has 0 saturated carbocycles. The lowest BCUT2D eigenvalue weighted by Gasteiger charge is -2.40. The molecule has 5 aliphatic heterocycles. The van der Waals surface area contributed by atoms with Crippen LogP contribution in [-0.2, 0) is 16.1 Å². The van der Waals surface area contributed by atoms with E-state index in [0.29, 0.717) is 36.8 Å². The monoisotopic (exact) mass is 757 g/mol. The van der Waals surface area contributed by atoms with Crippen molar-refractivity contribution in [3.63, 3.8) is 0 Å². The van der Waals surface area contributed by atoms with Gasteiger partial charge in [-0.1, -0.05) is 24.3 Å². The number of benzene rings is 4. The average Bonchev–Trinajstić information content (AvgIpc) is 3.53. The molecule has 5 heterocycles. The Morgan fingerprint density at radius 2 is 1.54 bits per heavy atom. The number of piperazine rings is 1. The molecule has 1 unspecified atom stereocenters. The quantitative estimate of drug-likeness (QED) is 0.223. The lowest BCUT2D eigenvalue weighted by Crippen LogP contribution is -2.52. The fraction of sp³-hybridized carbons (Fsp3) is 0.400. The molecule has 290 valence electrons. The number of imide groups is 1. The molecule has 0 bridgehead atoms. The molecule has 4 aromatic rings. The Kier molecular flexibility index (Phi) is 9.65. The molecule has 0 radical (unpaired) electrons. The highest BCUT2D eigenvalue weighted by molar-refractivity contribution is 6.05. The zero-order valence-electron chi connectivity index (χ0n) is 31.8. The van der Waals surface area contributed by atoms with Crippen LogP contribution in [0.25, 0.3) is 0 Å². The fourth-order valence-electron chi connectivity index (χ4n) is 9.71. The number of carbonyl (C=O) groups excluding carboxylic acids is 3. The lowest BCUT2D eigenvalue weighted by atomic mass is 9.75. The molecule has 56 heavy (non-hydrogen) atoms. The van der Waals surface area contributed by atoms with Gasteiger partial charge in [-0.25, -0.2) is 4.39 Å². The number of hydrogen-bond donors (Lipinski definition) is 2. The SMILES string of the molecule is Cc1cc(F)ccc1[C@H]1COc2cc(O)ccc2C1c1ccc(N2CCC(CN3CCN(c4ccc5c(c4)CN([C@H]4CCC(=O)NC4=O)C5=O)CC3)CC2)cc1. The van der Waals surface area contributed by atoms with Crippen LogP contribution in [0, 0.1) is 18.7 Å². The van der Waals surface area contributed by atoms with E-state index >= 15 is 0 Å². The molecule has 11 heteroatoms. The number of nitrogens with one attached hydrogen (secondary N) is 1. The molecule has 3 fully saturated rings. The summed E-state index contributed by atoms with van der Waals surface area (Å²) >= 11 is 0. The van der Waals surface area contributed by atoms with Gasteiger partial charge in [0.1, 0.15) is 23.4 Å². The summed E-state index contributed by atoms with van der Waals surface area (Å²) in [7, 11) is 0. The summed E-state index contributed by atoms with van der Waals surface area (Å²) in [6.45, 7) is 9.77. The van der Waals surface area contributed by atoms with Crippen molar-refractivity contribution in [1.82, 2.24) is 15.1 Å². The predicted octanol–water partition coefficient (Wildman–Crippen LogP) is 5.95. The summed E-state index contributed by atoms with van der Waals surface area (Å²) in [6.07, 6.45) is 2.91. The number of piperidine rings is 2. The van der Waals surface area contributed by atoms with Gasteiger partial charge >= 0.3 is 0 Å². The smallest absolute Gasteiger partial charge is 0.255 e. The third-order valence-electron chi connectivity index (χ3n) is 12.8. The van der Waals surface area contributed by atoms with Gasteiger partial charge in [-0.2, -0.15) is 0 Å². The molecule has 0 aliphatic carbocycles. The summed E-state index contributed by atoms with van der Waals surface area (Å²) < 4.78 is 20.2. The van der Waals surface area contributed by atoms with E-state index in [2.05, 4.69) is 50.3 Å². The molecule has 3 amide bonds. The van der Waals surface area contributed by atoms with Crippen molar-refractivity contribution >= 4 is 29.1 Å². The summed E-state index contributed by atoms with van der Waals surface area (Å²) in [5.41, 5.74) is 8.12. The maximum atomic E-state index is 14.1. The third kappa shape index (κ3) is 6.97. The lowest BCUT2D eigenvalue weighted by molar-refractivity contribution is -0.136. The summed E-state index contributed by atoms with van der Waals surface area (Å²) in [4.78, 5) is 46.3. The van der Waals surface area contributed by atoms with Crippen molar-refractivity contribution in [1.29, 1.82) is 0 Å². The molecule has 10 nitrogen and oxygen atoms in total. The summed E-state index contributed by atoms with van der Waals surface area (Å²) in [6, 6.07) is 24.7. The second kappa shape index (κ2) is 14.9. The van der Waals surface area contributed by atoms with Gasteiger partial charge in [0.25, 0.3) is 5.91 Å². The minimum atomic E-state index is -0.599. The molecular formula is C45H48FN5O5. The zero-order valence-corrected chi connectivity index (χ0v) is 31.8. The molecule has 3 atom stereocenters. The second-order valence-corrected chi connectivity index (χ2v) is 16.2. The number of phenolic OH excluding ortho intramolecular Hbond substituents is 1. The Morgan fingerprint density at radius 3 is 2.29 bits per heavy atom. The van der Waals surface area contributed by atoms with Crippen LogP contribution in [0.5, 0.6) is 11.5 Å². The molecule has 4 aromatic carbocycles. The van der Waals surface area contributed by atoms with Gasteiger partial charge in [-0.05, 0) is 103 Å². The van der Waals surface area contributed by atoms with E-state index in [1.54, 1.807) is 23.1 Å². The van der Waals surface area contributed by atoms with Gasteiger partial charge in [0.05, 0.1) is 6.61 Å². The number of hydrogen-bond acceptors (Lipinski definition) is 8. The number of nitrogens with zero attached hydrogens (tertiary/aromatic N) is 4. The van der Waals surface area contributed by atoms with E-state index in [1.165, 1.54) is 17.3 Å². The Balaban J connectivity index is 0.790. The first kappa shape index (κ1) is 36.2. The number of halogens is 1. The van der Waals surface area contributed by atoms with Gasteiger partial charge in [-0.15, -0.1) is 0 Å². The first-order valence-corrected chi connectivity index (χ1v) is 20.0. The van der Waals surface area contributed by atoms with Gasteiger partial charge in [0, 0.05) is 99.2 Å². The molecular weight excluding hydrogens is 710 g/mol. The number of anilines is 2. The van der Waals surface area contributed by atoms with Crippen molar-refractivity contribution in [3.05, 3.63) is 118 Å². The van der Waals surface area contributed by atoms with E-state index in [1.807, 2.05) is 31.2 Å². The van der Waals surface area contributed by atoms with Crippen molar-refractivity contribution in [2.24, 2.45) is 5.92 Å². The van der Waals surface area contributed by atoms with Gasteiger partial charge in [0.15, 0.2) is 0 Å². The highest BCUT2D eigenvalue weighted by atomic mass is 19.1. The molecule has 0 spiro atoms. The van der Waals surface area contributed by atoms with Crippen molar-refractivity contribution < 1.29 is 28.6 Å². The summed E-state index contributed by atoms with van der Waals surface area (Å²) in [5, 5.41) is 12.6. The number of carbonyl (C=O) groups is 3. The van der Waals surface area contributed by atoms with Crippen LogP contribution >= 0.6 is 0 Å². The number of rotatable bonds is 7. The van der Waals surface area contributed by atoms with Crippen LogP contribution in [-0.4, -0.2) is 91.1 Å². The van der Waals surface area contributed by atoms with E-state index in [9.17, 15) is 23.9 Å². The van der Waals surface area contributed by atoms with E-state index < -0.39 is 6.04 Å². The van der Waals surface area contributed by atoms with Crippen LogP contribution in [0.2, 0.25) is 0 Å². The van der Waals surface area contributed by atoms with Crippen molar-refractivity contribution in [2.45, 2.75) is 57.0 Å². The largest absolute Gasteiger partial charge is 0.508 e. The van der Waals surface area contributed by atoms with Crippen molar-refractivity contribution in [2.75, 3.05) is 62.2 Å². The number of amides is 3. The fourth-order valence-corrected chi connectivity index (χ4v) is 9.71. The van der Waals surface area contributed by atoms with Crippen LogP contribution in [0.3, 0.4) is 0 Å². The molecule has 2 N–H and O–H groups in total. The third-order valence-corrected chi connectivity index (χ3v) is 12.8. The maximum Gasteiger partial charge on any atom is 0.255 e. The van der Waals surface area contributed by atoms with Gasteiger partial charge in [-0.3, -0.25) is 24.6 Å². The number of aromatic hydroxyl groups is 1. The van der Waals surface area contributed by atoms with Crippen molar-refractivity contribution in [3.8, 4) is 11.5 Å². The van der Waals surface area contributed by atoms with Crippen LogP contribution in [0.1, 0.15) is 75.7 Å². The topological polar surface area (TPSA) is 106 Å². The number of aryl methyl sites for hydroxylation is 1. The first-order valence-electron chi connectivity index (χ1n) is 20.0. The Labute approximate surface area is 326 Å². The zero-order chi connectivity index (χ0) is 38.5. The van der Waals surface area contributed by atoms with Crippen LogP contribution in [0.4, 0.5) is 15.8 Å². The standard InChI is InChI=1S/C45H48FN5O5/c1-28-22-32(46)4-9-36(28)39-27-56-41-24-35(52)8-11-38(41)43(39)30-2-5-33(6-3-30)49-16-14-29(15-17-49)25-48-18-20-50(21-19-48)34-7-10-37-31(23-34)26-51(45(37)55)40-12-13-42(53)47-44(40)54/h2-11,22-24,29,39-40,43,52H,12-21,25-27H2,1H3,(H,47,53,54)/t39-,40+,43?/m1/s1. The number of phenols is 1. The highest BCUT2D eigenvalue weighted by Crippen LogP contribution is 2.48. The van der Waals surface area contributed by atoms with Gasteiger partial charge in [0.2, 0.25) is 11.8 Å². The first-order chi connectivity index (χ1) is 27.2. The van der Waals surface area contributed by atoms with E-state index in [-0.39, 0.29) is 47.5 Å². The summed E-state index contributed by atoms with van der Waals surface area (Å²) in [5.74, 6) is 0.501. The Hall–Kier alpha value is -5.42. The molecule has 3 saturated heterocycles. The maximum absolute atomic E-state index is 14.1.